The Bertz CT molecular complexity index is 1150. The molecule has 3 saturated heterocycles. The van der Waals surface area contributed by atoms with Gasteiger partial charge in [-0.05, 0) is 55.5 Å². The van der Waals surface area contributed by atoms with Crippen molar-refractivity contribution in [1.29, 1.82) is 0 Å². The molecule has 33 heavy (non-hydrogen) atoms. The second-order valence-corrected chi connectivity index (χ2v) is 9.75. The van der Waals surface area contributed by atoms with Gasteiger partial charge in [0.1, 0.15) is 11.9 Å². The number of nitrogens with two attached hydrogens (primary N) is 1. The number of nitrogens with zero attached hydrogens (tertiary/aromatic N) is 2. The maximum absolute atomic E-state index is 13.8. The van der Waals surface area contributed by atoms with E-state index >= 15 is 0 Å². The number of nitrogens with one attached hydrogen (secondary N) is 1. The summed E-state index contributed by atoms with van der Waals surface area (Å²) >= 11 is 0. The number of rotatable bonds is 5. The summed E-state index contributed by atoms with van der Waals surface area (Å²) in [4.78, 5) is 18.3. The average Bonchev–Trinajstić information content (AvgIpc) is 3.34. The standard InChI is InChI=1S/C24H27FN4O3.H3N/c1-14(20(26)9-28-23-11-24(12-23)7-19(25)22(30)29(24)13-23)32-16-2-3-21-18(6-16)17-4-5-31-10-15(17)8-27-21;/h2-3,6,8-9,14,19,28H,4-5,7,10-13,26H2,1H3;1H3/b20-9-;/t14-,19?,23?,24?;/m1./s1. The highest BCUT2D eigenvalue weighted by molar-refractivity contribution is 5.86. The largest absolute Gasteiger partial charge is 0.484 e. The number of carbonyl (C=O) groups excluding carboxylic acids is 1. The normalized spacial score (nSPS) is 30.8. The predicted molar refractivity (Wildman–Crippen MR) is 122 cm³/mol. The highest BCUT2D eigenvalue weighted by Gasteiger charge is 2.71. The van der Waals surface area contributed by atoms with Gasteiger partial charge < -0.3 is 31.6 Å². The lowest BCUT2D eigenvalue weighted by atomic mass is 9.66. The lowest BCUT2D eigenvalue weighted by molar-refractivity contribution is -0.132. The third-order valence-corrected chi connectivity index (χ3v) is 7.58. The molecule has 1 spiro atoms. The highest BCUT2D eigenvalue weighted by atomic mass is 19.1. The predicted octanol–water partition coefficient (Wildman–Crippen LogP) is 2.48. The van der Waals surface area contributed by atoms with Crippen LogP contribution in [0.1, 0.15) is 37.3 Å². The van der Waals surface area contributed by atoms with Crippen LogP contribution in [-0.2, 0) is 22.6 Å². The van der Waals surface area contributed by atoms with Crippen molar-refractivity contribution in [2.45, 2.75) is 62.6 Å². The lowest BCUT2D eigenvalue weighted by Crippen LogP contribution is -2.57. The van der Waals surface area contributed by atoms with Crippen molar-refractivity contribution in [2.24, 2.45) is 5.73 Å². The van der Waals surface area contributed by atoms with E-state index in [4.69, 9.17) is 15.2 Å². The Kier molecular flexibility index (Phi) is 5.02. The van der Waals surface area contributed by atoms with E-state index in [1.54, 1.807) is 11.1 Å². The summed E-state index contributed by atoms with van der Waals surface area (Å²) in [5.74, 6) is 0.379. The molecule has 1 aliphatic carbocycles. The van der Waals surface area contributed by atoms with E-state index in [0.29, 0.717) is 31.9 Å². The van der Waals surface area contributed by atoms with E-state index in [2.05, 4.69) is 10.3 Å². The fourth-order valence-corrected chi connectivity index (χ4v) is 6.03. The first-order chi connectivity index (χ1) is 15.4. The van der Waals surface area contributed by atoms with Gasteiger partial charge in [0, 0.05) is 30.7 Å². The van der Waals surface area contributed by atoms with E-state index < -0.39 is 6.17 Å². The van der Waals surface area contributed by atoms with Gasteiger partial charge in [0.15, 0.2) is 6.17 Å². The summed E-state index contributed by atoms with van der Waals surface area (Å²) in [6.07, 6.45) is 4.75. The molecule has 1 aromatic heterocycles. The third-order valence-electron chi connectivity index (χ3n) is 7.58. The Hall–Kier alpha value is -2.91. The summed E-state index contributed by atoms with van der Waals surface area (Å²) in [6, 6.07) is 5.92. The van der Waals surface area contributed by atoms with Crippen LogP contribution in [0.5, 0.6) is 5.75 Å². The number of benzene rings is 1. The molecular formula is C24H30FN5O3. The maximum atomic E-state index is 13.8. The molecule has 1 aromatic carbocycles. The number of carbonyl (C=O) groups is 1. The maximum Gasteiger partial charge on any atom is 0.257 e. The van der Waals surface area contributed by atoms with E-state index in [1.807, 2.05) is 31.3 Å². The number of alkyl halides is 1. The number of ether oxygens (including phenoxy) is 2. The van der Waals surface area contributed by atoms with Crippen LogP contribution in [0.2, 0.25) is 0 Å². The summed E-state index contributed by atoms with van der Waals surface area (Å²) in [5, 5.41) is 4.51. The second kappa shape index (κ2) is 7.56. The van der Waals surface area contributed by atoms with Crippen molar-refractivity contribution in [3.8, 4) is 5.75 Å². The van der Waals surface area contributed by atoms with Gasteiger partial charge in [0.25, 0.3) is 5.91 Å². The Balaban J connectivity index is 0.00000228. The second-order valence-electron chi connectivity index (χ2n) is 9.75. The Morgan fingerprint density at radius 3 is 3.06 bits per heavy atom. The minimum absolute atomic E-state index is 0. The molecule has 5 aliphatic rings. The fourth-order valence-electron chi connectivity index (χ4n) is 6.03. The molecule has 8 nitrogen and oxygen atoms in total. The number of hydrogen-bond donors (Lipinski definition) is 3. The van der Waals surface area contributed by atoms with Gasteiger partial charge in [-0.15, -0.1) is 0 Å². The molecule has 176 valence electrons. The quantitative estimate of drug-likeness (QED) is 0.633. The topological polar surface area (TPSA) is 125 Å². The van der Waals surface area contributed by atoms with E-state index in [9.17, 15) is 9.18 Å². The van der Waals surface area contributed by atoms with Gasteiger partial charge in [0.05, 0.1) is 35.5 Å². The number of aromatic nitrogens is 1. The lowest BCUT2D eigenvalue weighted by Gasteiger charge is -2.45. The third kappa shape index (κ3) is 3.33. The van der Waals surface area contributed by atoms with Gasteiger partial charge in [-0.3, -0.25) is 9.78 Å². The van der Waals surface area contributed by atoms with Crippen molar-refractivity contribution in [3.63, 3.8) is 0 Å². The first-order valence-corrected chi connectivity index (χ1v) is 11.2. The number of pyridine rings is 1. The summed E-state index contributed by atoms with van der Waals surface area (Å²) < 4.78 is 25.5. The molecule has 0 radical (unpaired) electrons. The van der Waals surface area contributed by atoms with Crippen molar-refractivity contribution in [2.75, 3.05) is 13.2 Å². The van der Waals surface area contributed by atoms with Crippen LogP contribution < -0.4 is 21.9 Å². The molecule has 1 unspecified atom stereocenters. The SMILES string of the molecule is C[C@@H](Oc1ccc2ncc3c(c2c1)CCOC3)/C(N)=C/NC12CN3C(=O)C(F)CC3(C1)C2.N. The molecule has 9 heteroatoms. The molecule has 5 heterocycles. The Labute approximate surface area is 191 Å². The molecule has 7 rings (SSSR count). The molecule has 2 aromatic rings. The van der Waals surface area contributed by atoms with Crippen LogP contribution in [0.4, 0.5) is 4.39 Å². The minimum atomic E-state index is -1.34. The van der Waals surface area contributed by atoms with Crippen LogP contribution >= 0.6 is 0 Å². The fraction of sp³-hybridized carbons (Fsp3) is 0.500. The average molecular weight is 456 g/mol. The van der Waals surface area contributed by atoms with Crippen molar-refractivity contribution < 1.29 is 18.7 Å². The van der Waals surface area contributed by atoms with Gasteiger partial charge >= 0.3 is 0 Å². The zero-order valence-electron chi connectivity index (χ0n) is 18.8. The van der Waals surface area contributed by atoms with Crippen LogP contribution in [0.15, 0.2) is 36.3 Å². The van der Waals surface area contributed by atoms with Crippen LogP contribution in [0.25, 0.3) is 10.9 Å². The first kappa shape index (κ1) is 21.9. The highest BCUT2D eigenvalue weighted by Crippen LogP contribution is 2.59. The number of amides is 1. The molecule has 6 N–H and O–H groups in total. The van der Waals surface area contributed by atoms with Crippen molar-refractivity contribution in [3.05, 3.63) is 47.4 Å². The van der Waals surface area contributed by atoms with Gasteiger partial charge in [-0.2, -0.15) is 0 Å². The van der Waals surface area contributed by atoms with Crippen LogP contribution in [0.3, 0.4) is 0 Å². The van der Waals surface area contributed by atoms with Gasteiger partial charge in [-0.25, -0.2) is 4.39 Å². The number of halogens is 1. The first-order valence-electron chi connectivity index (χ1n) is 11.2. The summed E-state index contributed by atoms with van der Waals surface area (Å²) in [6.45, 7) is 3.76. The van der Waals surface area contributed by atoms with Gasteiger partial charge in [-0.1, -0.05) is 0 Å². The molecule has 2 atom stereocenters. The van der Waals surface area contributed by atoms with E-state index in [0.717, 1.165) is 41.5 Å². The van der Waals surface area contributed by atoms with Crippen LogP contribution in [0, 0.1) is 0 Å². The monoisotopic (exact) mass is 455 g/mol. The van der Waals surface area contributed by atoms with Gasteiger partial charge in [0.2, 0.25) is 0 Å². The number of fused-ring (bicyclic) bond motifs is 3. The molecule has 1 amide bonds. The Morgan fingerprint density at radius 2 is 2.27 bits per heavy atom. The van der Waals surface area contributed by atoms with Crippen molar-refractivity contribution >= 4 is 16.8 Å². The molecule has 1 saturated carbocycles. The van der Waals surface area contributed by atoms with Crippen LogP contribution in [-0.4, -0.2) is 52.3 Å². The molecular weight excluding hydrogens is 425 g/mol. The molecule has 4 fully saturated rings. The smallest absolute Gasteiger partial charge is 0.257 e. The zero-order valence-corrected chi connectivity index (χ0v) is 18.8. The molecule has 4 aliphatic heterocycles. The minimum Gasteiger partial charge on any atom is -0.484 e. The zero-order chi connectivity index (χ0) is 22.1. The molecule has 2 bridgehead atoms. The van der Waals surface area contributed by atoms with Crippen molar-refractivity contribution in [1.82, 2.24) is 21.4 Å². The number of hydrogen-bond acceptors (Lipinski definition) is 7. The van der Waals surface area contributed by atoms with E-state index in [1.165, 1.54) is 5.56 Å². The van der Waals surface area contributed by atoms with E-state index in [-0.39, 0.29) is 29.2 Å². The Morgan fingerprint density at radius 1 is 1.45 bits per heavy atom. The summed E-state index contributed by atoms with van der Waals surface area (Å²) in [5.41, 5.74) is 9.75. The summed E-state index contributed by atoms with van der Waals surface area (Å²) in [7, 11) is 0.